The number of benzene rings is 2. The lowest BCUT2D eigenvalue weighted by molar-refractivity contribution is 0.0947. The van der Waals surface area contributed by atoms with Gasteiger partial charge in [0.25, 0.3) is 5.91 Å². The summed E-state index contributed by atoms with van der Waals surface area (Å²) < 4.78 is 5.85. The summed E-state index contributed by atoms with van der Waals surface area (Å²) in [5, 5.41) is 7.01. The third-order valence-corrected chi connectivity index (χ3v) is 4.84. The summed E-state index contributed by atoms with van der Waals surface area (Å²) in [7, 11) is 0. The highest BCUT2D eigenvalue weighted by Crippen LogP contribution is 2.22. The number of carbonyl (C=O) groups excluding carboxylic acids is 1. The molecule has 0 spiro atoms. The maximum absolute atomic E-state index is 12.5. The Kier molecular flexibility index (Phi) is 6.31. The van der Waals surface area contributed by atoms with Gasteiger partial charge in [-0.25, -0.2) is 0 Å². The molecule has 1 amide bonds. The van der Waals surface area contributed by atoms with Crippen molar-refractivity contribution in [2.24, 2.45) is 5.92 Å². The molecule has 0 radical (unpaired) electrons. The van der Waals surface area contributed by atoms with Crippen LogP contribution < -0.4 is 15.4 Å². The summed E-state index contributed by atoms with van der Waals surface area (Å²) in [5.74, 6) is 1.13. The molecule has 3 rings (SSSR count). The number of carbonyl (C=O) groups is 1. The number of halogens is 1. The molecule has 0 saturated carbocycles. The lowest BCUT2D eigenvalue weighted by Crippen LogP contribution is -2.26. The van der Waals surface area contributed by atoms with E-state index in [0.29, 0.717) is 35.4 Å². The predicted molar refractivity (Wildman–Crippen MR) is 100 cm³/mol. The first kappa shape index (κ1) is 17.8. The van der Waals surface area contributed by atoms with Crippen molar-refractivity contribution in [2.75, 3.05) is 19.6 Å². The fourth-order valence-corrected chi connectivity index (χ4v) is 3.19. The van der Waals surface area contributed by atoms with Crippen molar-refractivity contribution in [3.63, 3.8) is 0 Å². The number of hydrogen-bond donors (Lipinski definition) is 2. The minimum absolute atomic E-state index is 0.0966. The van der Waals surface area contributed by atoms with Crippen LogP contribution in [0.25, 0.3) is 0 Å². The van der Waals surface area contributed by atoms with Crippen molar-refractivity contribution in [2.45, 2.75) is 19.4 Å². The molecule has 132 valence electrons. The lowest BCUT2D eigenvalue weighted by Gasteiger charge is -2.13. The van der Waals surface area contributed by atoms with E-state index in [1.807, 2.05) is 42.5 Å². The molecule has 1 atom stereocenters. The van der Waals surface area contributed by atoms with Gasteiger partial charge in [0.2, 0.25) is 0 Å². The number of rotatable bonds is 7. The molecule has 0 bridgehead atoms. The number of ether oxygens (including phenoxy) is 1. The van der Waals surface area contributed by atoms with Gasteiger partial charge < -0.3 is 15.4 Å². The highest BCUT2D eigenvalue weighted by Gasteiger charge is 2.16. The highest BCUT2D eigenvalue weighted by atomic mass is 35.5. The summed E-state index contributed by atoms with van der Waals surface area (Å²) in [5.41, 5.74) is 1.45. The molecule has 0 aromatic heterocycles. The monoisotopic (exact) mass is 358 g/mol. The molecule has 2 aromatic rings. The first-order chi connectivity index (χ1) is 12.2. The van der Waals surface area contributed by atoms with Crippen LogP contribution in [-0.2, 0) is 6.61 Å². The van der Waals surface area contributed by atoms with Gasteiger partial charge in [-0.3, -0.25) is 4.79 Å². The van der Waals surface area contributed by atoms with E-state index in [0.717, 1.165) is 25.1 Å². The zero-order valence-corrected chi connectivity index (χ0v) is 14.9. The van der Waals surface area contributed by atoms with Gasteiger partial charge in [0.15, 0.2) is 0 Å². The molecule has 0 aliphatic carbocycles. The average Bonchev–Trinajstić information content (AvgIpc) is 3.15. The third kappa shape index (κ3) is 4.97. The van der Waals surface area contributed by atoms with Crippen LogP contribution in [0.4, 0.5) is 0 Å². The maximum atomic E-state index is 12.5. The highest BCUT2D eigenvalue weighted by molar-refractivity contribution is 6.31. The van der Waals surface area contributed by atoms with Crippen molar-refractivity contribution < 1.29 is 9.53 Å². The lowest BCUT2D eigenvalue weighted by atomic mass is 10.1. The zero-order chi connectivity index (χ0) is 17.5. The van der Waals surface area contributed by atoms with E-state index in [4.69, 9.17) is 16.3 Å². The van der Waals surface area contributed by atoms with E-state index in [9.17, 15) is 4.79 Å². The molecule has 1 unspecified atom stereocenters. The molecule has 1 fully saturated rings. The second-order valence-electron chi connectivity index (χ2n) is 6.28. The summed E-state index contributed by atoms with van der Waals surface area (Å²) in [4.78, 5) is 12.5. The second kappa shape index (κ2) is 8.88. The van der Waals surface area contributed by atoms with Crippen molar-refractivity contribution >= 4 is 17.5 Å². The minimum Gasteiger partial charge on any atom is -0.488 e. The summed E-state index contributed by atoms with van der Waals surface area (Å²) in [6.07, 6.45) is 2.19. The van der Waals surface area contributed by atoms with Crippen molar-refractivity contribution in [3.05, 3.63) is 64.7 Å². The molecule has 4 nitrogen and oxygen atoms in total. The molecule has 2 N–H and O–H groups in total. The first-order valence-corrected chi connectivity index (χ1v) is 9.06. The Morgan fingerprint density at radius 3 is 2.80 bits per heavy atom. The smallest absolute Gasteiger partial charge is 0.255 e. The van der Waals surface area contributed by atoms with Gasteiger partial charge in [-0.05, 0) is 50.0 Å². The summed E-state index contributed by atoms with van der Waals surface area (Å²) in [6, 6.07) is 14.9. The standard InChI is InChI=1S/C20H23ClN2O2/c21-18-7-3-1-5-16(18)14-25-19-8-4-2-6-17(19)20(24)23-12-10-15-9-11-22-13-15/h1-8,15,22H,9-14H2,(H,23,24). The summed E-state index contributed by atoms with van der Waals surface area (Å²) >= 11 is 6.16. The number of nitrogens with one attached hydrogen (secondary N) is 2. The van der Waals surface area contributed by atoms with Gasteiger partial charge in [-0.15, -0.1) is 0 Å². The van der Waals surface area contributed by atoms with E-state index in [-0.39, 0.29) is 5.91 Å². The Morgan fingerprint density at radius 1 is 1.20 bits per heavy atom. The Bertz CT molecular complexity index is 714. The van der Waals surface area contributed by atoms with Crippen LogP contribution in [0.5, 0.6) is 5.75 Å². The predicted octanol–water partition coefficient (Wildman–Crippen LogP) is 3.65. The van der Waals surface area contributed by atoms with E-state index in [1.54, 1.807) is 6.07 Å². The van der Waals surface area contributed by atoms with Crippen LogP contribution in [0, 0.1) is 5.92 Å². The zero-order valence-electron chi connectivity index (χ0n) is 14.1. The quantitative estimate of drug-likeness (QED) is 0.794. The molecule has 5 heteroatoms. The van der Waals surface area contributed by atoms with Crippen LogP contribution in [0.2, 0.25) is 5.02 Å². The largest absolute Gasteiger partial charge is 0.488 e. The molecule has 1 aliphatic heterocycles. The Morgan fingerprint density at radius 2 is 2.00 bits per heavy atom. The Balaban J connectivity index is 1.57. The van der Waals surface area contributed by atoms with Gasteiger partial charge in [0.1, 0.15) is 12.4 Å². The van der Waals surface area contributed by atoms with Crippen LogP contribution in [0.3, 0.4) is 0 Å². The molecular weight excluding hydrogens is 336 g/mol. The van der Waals surface area contributed by atoms with Gasteiger partial charge in [0.05, 0.1) is 5.56 Å². The van der Waals surface area contributed by atoms with Crippen molar-refractivity contribution in [1.29, 1.82) is 0 Å². The minimum atomic E-state index is -0.0966. The van der Waals surface area contributed by atoms with Crippen LogP contribution in [-0.4, -0.2) is 25.5 Å². The molecule has 1 heterocycles. The molecule has 1 saturated heterocycles. The van der Waals surface area contributed by atoms with Gasteiger partial charge in [0, 0.05) is 17.1 Å². The fraction of sp³-hybridized carbons (Fsp3) is 0.350. The number of para-hydroxylation sites is 1. The average molecular weight is 359 g/mol. The Hall–Kier alpha value is -2.04. The Labute approximate surface area is 153 Å². The molecular formula is C20H23ClN2O2. The van der Waals surface area contributed by atoms with Crippen molar-refractivity contribution in [1.82, 2.24) is 10.6 Å². The third-order valence-electron chi connectivity index (χ3n) is 4.47. The van der Waals surface area contributed by atoms with Crippen LogP contribution in [0.1, 0.15) is 28.8 Å². The van der Waals surface area contributed by atoms with E-state index in [1.165, 1.54) is 6.42 Å². The van der Waals surface area contributed by atoms with Gasteiger partial charge in [-0.1, -0.05) is 41.9 Å². The second-order valence-corrected chi connectivity index (χ2v) is 6.69. The van der Waals surface area contributed by atoms with E-state index >= 15 is 0 Å². The van der Waals surface area contributed by atoms with Gasteiger partial charge in [-0.2, -0.15) is 0 Å². The summed E-state index contributed by atoms with van der Waals surface area (Å²) in [6.45, 7) is 3.15. The van der Waals surface area contributed by atoms with Crippen LogP contribution >= 0.6 is 11.6 Å². The fourth-order valence-electron chi connectivity index (χ4n) is 3.00. The number of hydrogen-bond acceptors (Lipinski definition) is 3. The van der Waals surface area contributed by atoms with E-state index < -0.39 is 0 Å². The normalized spacial score (nSPS) is 16.6. The van der Waals surface area contributed by atoms with Crippen molar-refractivity contribution in [3.8, 4) is 5.75 Å². The van der Waals surface area contributed by atoms with Gasteiger partial charge >= 0.3 is 0 Å². The van der Waals surface area contributed by atoms with Crippen LogP contribution in [0.15, 0.2) is 48.5 Å². The topological polar surface area (TPSA) is 50.4 Å². The number of amides is 1. The molecule has 1 aliphatic rings. The SMILES string of the molecule is O=C(NCCC1CCNC1)c1ccccc1OCc1ccccc1Cl. The maximum Gasteiger partial charge on any atom is 0.255 e. The first-order valence-electron chi connectivity index (χ1n) is 8.68. The molecule has 2 aromatic carbocycles. The molecule has 25 heavy (non-hydrogen) atoms. The van der Waals surface area contributed by atoms with E-state index in [2.05, 4.69) is 10.6 Å².